The summed E-state index contributed by atoms with van der Waals surface area (Å²) in [6.07, 6.45) is 0. The summed E-state index contributed by atoms with van der Waals surface area (Å²) in [5.74, 6) is 1.81. The third kappa shape index (κ3) is 5.63. The lowest BCUT2D eigenvalue weighted by Gasteiger charge is -2.14. The van der Waals surface area contributed by atoms with Crippen molar-refractivity contribution >= 4 is 32.7 Å². The van der Waals surface area contributed by atoms with Crippen LogP contribution in [0.3, 0.4) is 0 Å². The van der Waals surface area contributed by atoms with Gasteiger partial charge in [-0.2, -0.15) is 0 Å². The predicted molar refractivity (Wildman–Crippen MR) is 217 cm³/mol. The Balaban J connectivity index is 1.25. The van der Waals surface area contributed by atoms with Crippen LogP contribution in [0.15, 0.2) is 192 Å². The minimum Gasteiger partial charge on any atom is -0.456 e. The first-order chi connectivity index (χ1) is 26.2. The second kappa shape index (κ2) is 12.9. The molecule has 0 N–H and O–H groups in total. The van der Waals surface area contributed by atoms with Crippen LogP contribution in [0.5, 0.6) is 0 Å². The van der Waals surface area contributed by atoms with E-state index in [0.717, 1.165) is 66.3 Å². The fourth-order valence-electron chi connectivity index (χ4n) is 7.34. The van der Waals surface area contributed by atoms with Gasteiger partial charge in [-0.25, -0.2) is 15.0 Å². The number of nitrogens with zero attached hydrogens (tertiary/aromatic N) is 3. The van der Waals surface area contributed by atoms with Crippen molar-refractivity contribution in [1.29, 1.82) is 0 Å². The molecule has 0 spiro atoms. The number of hydrogen-bond donors (Lipinski definition) is 0. The topological polar surface area (TPSA) is 51.8 Å². The molecule has 0 radical (unpaired) electrons. The molecule has 4 nitrogen and oxygen atoms in total. The van der Waals surface area contributed by atoms with Crippen LogP contribution in [0.2, 0.25) is 0 Å². The molecule has 0 saturated carbocycles. The Bertz CT molecular complexity index is 2880. The largest absolute Gasteiger partial charge is 0.456 e. The standard InChI is InChI=1S/C49H31N3O/c1-4-15-32(16-5-1)35-23-14-24-38(27-35)40-25-12-13-26-41(40)42-29-39(31-45-46(42)43-28-36-21-10-11-22-37(36)30-44(43)53-45)49-51-47(33-17-6-2-7-18-33)50-48(52-49)34-19-8-3-9-20-34/h1-31H. The van der Waals surface area contributed by atoms with Crippen LogP contribution in [0.25, 0.3) is 100 Å². The van der Waals surface area contributed by atoms with Gasteiger partial charge in [-0.15, -0.1) is 0 Å². The molecule has 8 aromatic carbocycles. The molecule has 0 amide bonds. The molecule has 0 bridgehead atoms. The highest BCUT2D eigenvalue weighted by atomic mass is 16.3. The third-order valence-electron chi connectivity index (χ3n) is 9.89. The van der Waals surface area contributed by atoms with E-state index in [1.54, 1.807) is 0 Å². The van der Waals surface area contributed by atoms with Gasteiger partial charge in [0, 0.05) is 27.5 Å². The lowest BCUT2D eigenvalue weighted by atomic mass is 9.89. The summed E-state index contributed by atoms with van der Waals surface area (Å²) in [4.78, 5) is 15.2. The van der Waals surface area contributed by atoms with Gasteiger partial charge in [0.15, 0.2) is 17.5 Å². The van der Waals surface area contributed by atoms with E-state index in [-0.39, 0.29) is 0 Å². The third-order valence-corrected chi connectivity index (χ3v) is 9.89. The molecule has 4 heteroatoms. The van der Waals surface area contributed by atoms with Gasteiger partial charge < -0.3 is 4.42 Å². The van der Waals surface area contributed by atoms with E-state index in [4.69, 9.17) is 19.4 Å². The summed E-state index contributed by atoms with van der Waals surface area (Å²) in [7, 11) is 0. The van der Waals surface area contributed by atoms with Crippen LogP contribution in [-0.4, -0.2) is 15.0 Å². The lowest BCUT2D eigenvalue weighted by Crippen LogP contribution is -2.00. The number of aromatic nitrogens is 3. The van der Waals surface area contributed by atoms with E-state index < -0.39 is 0 Å². The van der Waals surface area contributed by atoms with Gasteiger partial charge in [0.05, 0.1) is 0 Å². The molecule has 2 aromatic heterocycles. The van der Waals surface area contributed by atoms with E-state index in [1.165, 1.54) is 16.5 Å². The van der Waals surface area contributed by atoms with E-state index in [0.29, 0.717) is 17.5 Å². The summed E-state index contributed by atoms with van der Waals surface area (Å²) in [6, 6.07) is 65.3. The van der Waals surface area contributed by atoms with E-state index >= 15 is 0 Å². The summed E-state index contributed by atoms with van der Waals surface area (Å²) < 4.78 is 6.77. The first-order valence-corrected chi connectivity index (χ1v) is 17.8. The van der Waals surface area contributed by atoms with Crippen molar-refractivity contribution in [2.75, 3.05) is 0 Å². The van der Waals surface area contributed by atoms with Crippen LogP contribution < -0.4 is 0 Å². The molecule has 0 aliphatic carbocycles. The Hall–Kier alpha value is -7.17. The zero-order valence-corrected chi connectivity index (χ0v) is 28.6. The molecule has 10 rings (SSSR count). The molecular formula is C49H31N3O. The average molecular weight is 678 g/mol. The van der Waals surface area contributed by atoms with Crippen molar-refractivity contribution in [3.8, 4) is 67.5 Å². The molecule has 10 aromatic rings. The quantitative estimate of drug-likeness (QED) is 0.176. The lowest BCUT2D eigenvalue weighted by molar-refractivity contribution is 0.669. The second-order valence-electron chi connectivity index (χ2n) is 13.2. The highest BCUT2D eigenvalue weighted by molar-refractivity contribution is 6.17. The Morgan fingerprint density at radius 2 is 0.811 bits per heavy atom. The molecule has 248 valence electrons. The van der Waals surface area contributed by atoms with Gasteiger partial charge in [-0.1, -0.05) is 158 Å². The highest BCUT2D eigenvalue weighted by Crippen LogP contribution is 2.44. The first-order valence-electron chi connectivity index (χ1n) is 17.8. The molecule has 0 unspecified atom stereocenters. The van der Waals surface area contributed by atoms with Crippen LogP contribution >= 0.6 is 0 Å². The maximum Gasteiger partial charge on any atom is 0.164 e. The van der Waals surface area contributed by atoms with Crippen molar-refractivity contribution < 1.29 is 4.42 Å². The average Bonchev–Trinajstić information content (AvgIpc) is 3.60. The van der Waals surface area contributed by atoms with Crippen molar-refractivity contribution in [2.45, 2.75) is 0 Å². The summed E-state index contributed by atoms with van der Waals surface area (Å²) in [5.41, 5.74) is 11.1. The van der Waals surface area contributed by atoms with Gasteiger partial charge in [0.25, 0.3) is 0 Å². The minimum atomic E-state index is 0.579. The number of rotatable bonds is 6. The zero-order chi connectivity index (χ0) is 35.1. The molecule has 53 heavy (non-hydrogen) atoms. The van der Waals surface area contributed by atoms with Crippen molar-refractivity contribution in [3.05, 3.63) is 188 Å². The maximum atomic E-state index is 6.77. The molecule has 2 heterocycles. The Kier molecular flexibility index (Phi) is 7.43. The molecule has 0 aliphatic rings. The normalized spacial score (nSPS) is 11.4. The number of fused-ring (bicyclic) bond motifs is 4. The van der Waals surface area contributed by atoms with Crippen LogP contribution in [-0.2, 0) is 0 Å². The number of benzene rings is 8. The van der Waals surface area contributed by atoms with Gasteiger partial charge in [-0.3, -0.25) is 0 Å². The maximum absolute atomic E-state index is 6.77. The first kappa shape index (κ1) is 30.6. The van der Waals surface area contributed by atoms with Crippen molar-refractivity contribution in [2.24, 2.45) is 0 Å². The van der Waals surface area contributed by atoms with Gasteiger partial charge >= 0.3 is 0 Å². The van der Waals surface area contributed by atoms with Crippen LogP contribution in [0, 0.1) is 0 Å². The van der Waals surface area contributed by atoms with Gasteiger partial charge in [0.2, 0.25) is 0 Å². The minimum absolute atomic E-state index is 0.579. The van der Waals surface area contributed by atoms with Gasteiger partial charge in [-0.05, 0) is 74.5 Å². The van der Waals surface area contributed by atoms with E-state index in [9.17, 15) is 0 Å². The smallest absolute Gasteiger partial charge is 0.164 e. The Morgan fingerprint density at radius 3 is 1.47 bits per heavy atom. The van der Waals surface area contributed by atoms with Crippen molar-refractivity contribution in [3.63, 3.8) is 0 Å². The second-order valence-corrected chi connectivity index (χ2v) is 13.2. The Morgan fingerprint density at radius 1 is 0.302 bits per heavy atom. The number of hydrogen-bond acceptors (Lipinski definition) is 4. The van der Waals surface area contributed by atoms with Gasteiger partial charge in [0.1, 0.15) is 11.2 Å². The Labute approximate surface area is 306 Å². The monoisotopic (exact) mass is 677 g/mol. The highest BCUT2D eigenvalue weighted by Gasteiger charge is 2.21. The molecule has 0 fully saturated rings. The summed E-state index contributed by atoms with van der Waals surface area (Å²) >= 11 is 0. The SMILES string of the molecule is c1ccc(-c2cccc(-c3ccccc3-c3cc(-c4nc(-c5ccccc5)nc(-c5ccccc5)n4)cc4oc5cc6ccccc6cc5c34)c2)cc1. The molecular weight excluding hydrogens is 647 g/mol. The van der Waals surface area contributed by atoms with Crippen molar-refractivity contribution in [1.82, 2.24) is 15.0 Å². The molecule has 0 aliphatic heterocycles. The van der Waals surface area contributed by atoms with Crippen LogP contribution in [0.4, 0.5) is 0 Å². The molecule has 0 atom stereocenters. The molecule has 0 saturated heterocycles. The van der Waals surface area contributed by atoms with Crippen LogP contribution in [0.1, 0.15) is 0 Å². The summed E-state index contributed by atoms with van der Waals surface area (Å²) in [5, 5.41) is 4.43. The predicted octanol–water partition coefficient (Wildman–Crippen LogP) is 12.9. The van der Waals surface area contributed by atoms with E-state index in [1.807, 2.05) is 60.7 Å². The fraction of sp³-hybridized carbons (Fsp3) is 0. The summed E-state index contributed by atoms with van der Waals surface area (Å²) in [6.45, 7) is 0. The fourth-order valence-corrected chi connectivity index (χ4v) is 7.34. The zero-order valence-electron chi connectivity index (χ0n) is 28.6. The number of furan rings is 1. The van der Waals surface area contributed by atoms with E-state index in [2.05, 4.69) is 127 Å².